The van der Waals surface area contributed by atoms with Crippen LogP contribution in [-0.4, -0.2) is 20.5 Å². The summed E-state index contributed by atoms with van der Waals surface area (Å²) in [7, 11) is 3.29. The lowest BCUT2D eigenvalue weighted by atomic mass is 9.99. The number of ether oxygens (including phenoxy) is 2. The summed E-state index contributed by atoms with van der Waals surface area (Å²) in [6, 6.07) is 13.4. The van der Waals surface area contributed by atoms with Crippen molar-refractivity contribution in [2.75, 3.05) is 14.2 Å². The molecule has 0 aromatic heterocycles. The summed E-state index contributed by atoms with van der Waals surface area (Å²) >= 11 is 0. The van der Waals surface area contributed by atoms with Crippen molar-refractivity contribution in [2.45, 2.75) is 0 Å². The molecular formula is C17H14O3. The molecule has 3 rings (SSSR count). The minimum atomic E-state index is 0.619. The van der Waals surface area contributed by atoms with Gasteiger partial charge in [-0.2, -0.15) is 0 Å². The number of aldehydes is 1. The minimum Gasteiger partial charge on any atom is -0.495 e. The van der Waals surface area contributed by atoms with Gasteiger partial charge < -0.3 is 9.47 Å². The zero-order valence-electron chi connectivity index (χ0n) is 11.3. The van der Waals surface area contributed by atoms with Gasteiger partial charge in [-0.25, -0.2) is 0 Å². The third kappa shape index (κ3) is 1.71. The average Bonchev–Trinajstić information content (AvgIpc) is 2.51. The van der Waals surface area contributed by atoms with Crippen molar-refractivity contribution in [2.24, 2.45) is 0 Å². The zero-order valence-corrected chi connectivity index (χ0v) is 11.3. The lowest BCUT2D eigenvalue weighted by Gasteiger charge is -2.15. The Morgan fingerprint density at radius 3 is 1.90 bits per heavy atom. The number of carbonyl (C=O) groups is 1. The average molecular weight is 266 g/mol. The van der Waals surface area contributed by atoms with Crippen LogP contribution in [-0.2, 0) is 0 Å². The largest absolute Gasteiger partial charge is 0.495 e. The van der Waals surface area contributed by atoms with Gasteiger partial charge in [-0.05, 0) is 12.1 Å². The third-order valence-electron chi connectivity index (χ3n) is 3.49. The van der Waals surface area contributed by atoms with Gasteiger partial charge in [-0.3, -0.25) is 4.79 Å². The van der Waals surface area contributed by atoms with Crippen molar-refractivity contribution < 1.29 is 14.3 Å². The Morgan fingerprint density at radius 2 is 1.35 bits per heavy atom. The fourth-order valence-corrected chi connectivity index (χ4v) is 2.63. The molecule has 0 atom stereocenters. The second-order valence-electron chi connectivity index (χ2n) is 4.53. The molecule has 0 N–H and O–H groups in total. The van der Waals surface area contributed by atoms with Crippen LogP contribution in [0.25, 0.3) is 21.5 Å². The highest BCUT2D eigenvalue weighted by Crippen LogP contribution is 2.42. The molecule has 0 fully saturated rings. The van der Waals surface area contributed by atoms with E-state index < -0.39 is 0 Å². The molecule has 0 heterocycles. The Morgan fingerprint density at radius 1 is 0.800 bits per heavy atom. The molecule has 3 aromatic rings. The third-order valence-corrected chi connectivity index (χ3v) is 3.49. The maximum absolute atomic E-state index is 11.0. The van der Waals surface area contributed by atoms with Crippen LogP contribution in [0.5, 0.6) is 11.5 Å². The predicted octanol–water partition coefficient (Wildman–Crippen LogP) is 3.82. The first-order valence-electron chi connectivity index (χ1n) is 6.31. The summed E-state index contributed by atoms with van der Waals surface area (Å²) in [6.45, 7) is 0. The smallest absolute Gasteiger partial charge is 0.150 e. The van der Waals surface area contributed by atoms with Gasteiger partial charge in [0.1, 0.15) is 17.8 Å². The van der Waals surface area contributed by atoms with Gasteiger partial charge in [0, 0.05) is 27.1 Å². The van der Waals surface area contributed by atoms with Gasteiger partial charge in [0.25, 0.3) is 0 Å². The molecule has 3 aromatic carbocycles. The van der Waals surface area contributed by atoms with E-state index in [0.29, 0.717) is 5.56 Å². The van der Waals surface area contributed by atoms with Gasteiger partial charge >= 0.3 is 0 Å². The highest BCUT2D eigenvalue weighted by molar-refractivity contribution is 6.11. The molecule has 0 aliphatic heterocycles. The van der Waals surface area contributed by atoms with Crippen molar-refractivity contribution >= 4 is 27.8 Å². The fourth-order valence-electron chi connectivity index (χ4n) is 2.63. The van der Waals surface area contributed by atoms with E-state index in [4.69, 9.17) is 9.47 Å². The van der Waals surface area contributed by atoms with E-state index >= 15 is 0 Å². The first-order chi connectivity index (χ1) is 9.80. The van der Waals surface area contributed by atoms with Crippen LogP contribution in [0.3, 0.4) is 0 Å². The van der Waals surface area contributed by atoms with Crippen LogP contribution in [0.1, 0.15) is 10.4 Å². The number of rotatable bonds is 3. The quantitative estimate of drug-likeness (QED) is 0.534. The number of fused-ring (bicyclic) bond motifs is 2. The molecule has 100 valence electrons. The first-order valence-corrected chi connectivity index (χ1v) is 6.31. The summed E-state index contributed by atoms with van der Waals surface area (Å²) < 4.78 is 11.1. The van der Waals surface area contributed by atoms with Crippen LogP contribution >= 0.6 is 0 Å². The van der Waals surface area contributed by atoms with E-state index in [1.807, 2.05) is 36.4 Å². The Hall–Kier alpha value is -2.55. The molecule has 0 aliphatic carbocycles. The molecule has 0 spiro atoms. The van der Waals surface area contributed by atoms with Gasteiger partial charge in [0.2, 0.25) is 0 Å². The van der Waals surface area contributed by atoms with Gasteiger partial charge in [0.05, 0.1) is 14.2 Å². The van der Waals surface area contributed by atoms with E-state index in [9.17, 15) is 4.79 Å². The van der Waals surface area contributed by atoms with E-state index in [2.05, 4.69) is 0 Å². The maximum atomic E-state index is 11.0. The summed E-state index contributed by atoms with van der Waals surface area (Å²) in [5.41, 5.74) is 0.619. The second-order valence-corrected chi connectivity index (χ2v) is 4.53. The number of methoxy groups -OCH3 is 2. The molecule has 0 amide bonds. The van der Waals surface area contributed by atoms with Crippen LogP contribution in [0.4, 0.5) is 0 Å². The summed E-state index contributed by atoms with van der Waals surface area (Å²) in [5.74, 6) is 1.56. The van der Waals surface area contributed by atoms with Gasteiger partial charge in [0.15, 0.2) is 0 Å². The molecule has 0 bridgehead atoms. The van der Waals surface area contributed by atoms with Crippen LogP contribution in [0.2, 0.25) is 0 Å². The molecule has 0 aliphatic rings. The van der Waals surface area contributed by atoms with Crippen molar-refractivity contribution in [1.29, 1.82) is 0 Å². The van der Waals surface area contributed by atoms with E-state index in [1.165, 1.54) is 0 Å². The normalized spacial score (nSPS) is 10.7. The molecule has 0 saturated carbocycles. The lowest BCUT2D eigenvalue weighted by Crippen LogP contribution is -1.93. The highest BCUT2D eigenvalue weighted by atomic mass is 16.5. The molecule has 0 saturated heterocycles. The number of hydrogen-bond donors (Lipinski definition) is 0. The molecule has 0 radical (unpaired) electrons. The Kier molecular flexibility index (Phi) is 3.03. The minimum absolute atomic E-state index is 0.619. The second kappa shape index (κ2) is 4.85. The highest BCUT2D eigenvalue weighted by Gasteiger charge is 2.14. The Balaban J connectivity index is 2.57. The number of benzene rings is 3. The van der Waals surface area contributed by atoms with Crippen molar-refractivity contribution in [3.05, 3.63) is 48.0 Å². The lowest BCUT2D eigenvalue weighted by molar-refractivity contribution is 0.112. The van der Waals surface area contributed by atoms with Crippen LogP contribution in [0.15, 0.2) is 42.5 Å². The Bertz CT molecular complexity index is 806. The van der Waals surface area contributed by atoms with Crippen LogP contribution in [0, 0.1) is 0 Å². The topological polar surface area (TPSA) is 35.5 Å². The summed E-state index contributed by atoms with van der Waals surface area (Å²) in [4.78, 5) is 11.0. The molecular weight excluding hydrogens is 252 g/mol. The van der Waals surface area contributed by atoms with E-state index in [1.54, 1.807) is 20.3 Å². The Labute approximate surface area is 116 Å². The monoisotopic (exact) mass is 266 g/mol. The zero-order chi connectivity index (χ0) is 14.1. The molecule has 20 heavy (non-hydrogen) atoms. The van der Waals surface area contributed by atoms with E-state index in [0.717, 1.165) is 39.3 Å². The van der Waals surface area contributed by atoms with Crippen molar-refractivity contribution in [3.8, 4) is 11.5 Å². The predicted molar refractivity (Wildman–Crippen MR) is 79.9 cm³/mol. The molecule has 3 heteroatoms. The van der Waals surface area contributed by atoms with Crippen molar-refractivity contribution in [1.82, 2.24) is 0 Å². The first kappa shape index (κ1) is 12.5. The maximum Gasteiger partial charge on any atom is 0.150 e. The van der Waals surface area contributed by atoms with Gasteiger partial charge in [-0.15, -0.1) is 0 Å². The number of hydrogen-bond acceptors (Lipinski definition) is 3. The fraction of sp³-hybridized carbons (Fsp3) is 0.118. The summed E-state index contributed by atoms with van der Waals surface area (Å²) in [5, 5.41) is 3.79. The van der Waals surface area contributed by atoms with Gasteiger partial charge in [-0.1, -0.05) is 30.3 Å². The van der Waals surface area contributed by atoms with Crippen molar-refractivity contribution in [3.63, 3.8) is 0 Å². The SMILES string of the molecule is COc1c2ccccc2c(OC)c2cc(C=O)ccc12. The van der Waals surface area contributed by atoms with Crippen LogP contribution < -0.4 is 9.47 Å². The van der Waals surface area contributed by atoms with E-state index in [-0.39, 0.29) is 0 Å². The standard InChI is InChI=1S/C17H14O3/c1-19-16-12-5-3-4-6-13(12)17(20-2)15-9-11(10-18)7-8-14(15)16/h3-10H,1-2H3. The summed E-state index contributed by atoms with van der Waals surface area (Å²) in [6.07, 6.45) is 0.834. The molecule has 3 nitrogen and oxygen atoms in total. The molecule has 0 unspecified atom stereocenters. The number of carbonyl (C=O) groups excluding carboxylic acids is 1.